The zero-order chi connectivity index (χ0) is 11.5. The molecule has 0 aromatic rings. The maximum absolute atomic E-state index is 11.4. The number of Topliss-reactive ketones (excluding diaryl/α,β-unsaturated/α-hetero) is 1. The van der Waals surface area contributed by atoms with Gasteiger partial charge in [-0.25, -0.2) is 0 Å². The minimum absolute atomic E-state index is 0.387. The predicted molar refractivity (Wildman–Crippen MR) is 64.8 cm³/mol. The van der Waals surface area contributed by atoms with Crippen molar-refractivity contribution in [3.8, 4) is 0 Å². The Balaban J connectivity index is 2.39. The van der Waals surface area contributed by atoms with Crippen molar-refractivity contribution in [3.05, 3.63) is 11.6 Å². The highest BCUT2D eigenvalue weighted by Gasteiger charge is 2.18. The summed E-state index contributed by atoms with van der Waals surface area (Å²) < 4.78 is 0. The second-order valence-corrected chi connectivity index (χ2v) is 6.11. The van der Waals surface area contributed by atoms with Gasteiger partial charge in [0.15, 0.2) is 5.78 Å². The van der Waals surface area contributed by atoms with E-state index in [0.717, 1.165) is 31.3 Å². The van der Waals surface area contributed by atoms with Crippen LogP contribution < -0.4 is 0 Å². The molecule has 1 nitrogen and oxygen atoms in total. The molecule has 0 N–H and O–H groups in total. The lowest BCUT2D eigenvalue weighted by atomic mass is 9.84. The van der Waals surface area contributed by atoms with Crippen LogP contribution in [0.25, 0.3) is 0 Å². The van der Waals surface area contributed by atoms with Crippen LogP contribution in [0.15, 0.2) is 11.6 Å². The molecule has 1 aliphatic rings. The topological polar surface area (TPSA) is 17.1 Å². The number of allylic oxidation sites excluding steroid dienone is 2. The lowest BCUT2D eigenvalue weighted by Gasteiger charge is -2.22. The van der Waals surface area contributed by atoms with Crippen molar-refractivity contribution in [2.24, 2.45) is 11.3 Å². The fourth-order valence-corrected chi connectivity index (χ4v) is 2.43. The molecule has 0 aromatic heterocycles. The fourth-order valence-electron chi connectivity index (χ4n) is 2.43. The Hall–Kier alpha value is -0.590. The number of rotatable bonds is 3. The van der Waals surface area contributed by atoms with Crippen LogP contribution in [0, 0.1) is 11.3 Å². The predicted octanol–water partition coefficient (Wildman–Crippen LogP) is 4.13. The average Bonchev–Trinajstić information content (AvgIpc) is 2.44. The van der Waals surface area contributed by atoms with Gasteiger partial charge in [0, 0.05) is 6.42 Å². The Bertz CT molecular complexity index is 255. The first-order valence-electron chi connectivity index (χ1n) is 6.11. The molecule has 0 amide bonds. The highest BCUT2D eigenvalue weighted by atomic mass is 16.1. The van der Waals surface area contributed by atoms with Crippen LogP contribution in [0.3, 0.4) is 0 Å². The Morgan fingerprint density at radius 1 is 1.33 bits per heavy atom. The van der Waals surface area contributed by atoms with E-state index < -0.39 is 0 Å². The minimum atomic E-state index is 0.387. The Labute approximate surface area is 93.9 Å². The van der Waals surface area contributed by atoms with Crippen molar-refractivity contribution in [2.75, 3.05) is 0 Å². The first-order valence-corrected chi connectivity index (χ1v) is 6.11. The third-order valence-corrected chi connectivity index (χ3v) is 2.94. The molecule has 1 unspecified atom stereocenters. The van der Waals surface area contributed by atoms with Gasteiger partial charge in [0.25, 0.3) is 0 Å². The molecule has 1 aliphatic carbocycles. The van der Waals surface area contributed by atoms with Gasteiger partial charge in [0.05, 0.1) is 0 Å². The molecule has 1 atom stereocenters. The quantitative estimate of drug-likeness (QED) is 0.637. The SMILES string of the molecule is CC(CC=C1CCCC1=O)CC(C)(C)C. The first-order chi connectivity index (χ1) is 6.88. The molecule has 1 rings (SSSR count). The summed E-state index contributed by atoms with van der Waals surface area (Å²) in [7, 11) is 0. The highest BCUT2D eigenvalue weighted by Crippen LogP contribution is 2.28. The summed E-state index contributed by atoms with van der Waals surface area (Å²) in [6.45, 7) is 9.10. The van der Waals surface area contributed by atoms with E-state index in [1.165, 1.54) is 6.42 Å². The first kappa shape index (κ1) is 12.5. The monoisotopic (exact) mass is 208 g/mol. The van der Waals surface area contributed by atoms with Crippen LogP contribution in [0.1, 0.15) is 59.8 Å². The van der Waals surface area contributed by atoms with E-state index in [1.54, 1.807) is 0 Å². The van der Waals surface area contributed by atoms with Gasteiger partial charge in [-0.3, -0.25) is 4.79 Å². The van der Waals surface area contributed by atoms with Gasteiger partial charge in [-0.15, -0.1) is 0 Å². The van der Waals surface area contributed by atoms with Crippen molar-refractivity contribution in [1.29, 1.82) is 0 Å². The van der Waals surface area contributed by atoms with Crippen molar-refractivity contribution >= 4 is 5.78 Å². The molecule has 0 heterocycles. The molecule has 1 saturated carbocycles. The summed E-state index contributed by atoms with van der Waals surface area (Å²) in [6.07, 6.45) is 7.34. The second-order valence-electron chi connectivity index (χ2n) is 6.11. The van der Waals surface area contributed by atoms with Gasteiger partial charge in [0.1, 0.15) is 0 Å². The minimum Gasteiger partial charge on any atom is -0.295 e. The van der Waals surface area contributed by atoms with Crippen LogP contribution in [0.4, 0.5) is 0 Å². The van der Waals surface area contributed by atoms with Gasteiger partial charge in [0.2, 0.25) is 0 Å². The lowest BCUT2D eigenvalue weighted by Crippen LogP contribution is -2.10. The molecule has 0 radical (unpaired) electrons. The molecule has 0 bridgehead atoms. The maximum atomic E-state index is 11.4. The summed E-state index contributed by atoms with van der Waals surface area (Å²) in [5.74, 6) is 1.07. The van der Waals surface area contributed by atoms with Crippen LogP contribution in [0.5, 0.6) is 0 Å². The lowest BCUT2D eigenvalue weighted by molar-refractivity contribution is -0.114. The third-order valence-electron chi connectivity index (χ3n) is 2.94. The Kier molecular flexibility index (Phi) is 4.12. The normalized spacial score (nSPS) is 22.4. The summed E-state index contributed by atoms with van der Waals surface area (Å²) in [6, 6.07) is 0. The van der Waals surface area contributed by atoms with Crippen LogP contribution in [-0.2, 0) is 4.79 Å². The van der Waals surface area contributed by atoms with E-state index >= 15 is 0 Å². The molecule has 1 heteroatoms. The summed E-state index contributed by atoms with van der Waals surface area (Å²) in [4.78, 5) is 11.4. The smallest absolute Gasteiger partial charge is 0.158 e. The van der Waals surface area contributed by atoms with Crippen LogP contribution in [0.2, 0.25) is 0 Å². The number of hydrogen-bond donors (Lipinski definition) is 0. The van der Waals surface area contributed by atoms with Crippen molar-refractivity contribution in [3.63, 3.8) is 0 Å². The zero-order valence-corrected chi connectivity index (χ0v) is 10.6. The maximum Gasteiger partial charge on any atom is 0.158 e. The van der Waals surface area contributed by atoms with Crippen LogP contribution >= 0.6 is 0 Å². The molecule has 86 valence electrons. The number of hydrogen-bond acceptors (Lipinski definition) is 1. The average molecular weight is 208 g/mol. The van der Waals surface area contributed by atoms with E-state index in [4.69, 9.17) is 0 Å². The van der Waals surface area contributed by atoms with Gasteiger partial charge >= 0.3 is 0 Å². The molecule has 0 aromatic carbocycles. The molecule has 15 heavy (non-hydrogen) atoms. The molecule has 0 saturated heterocycles. The molecular weight excluding hydrogens is 184 g/mol. The zero-order valence-electron chi connectivity index (χ0n) is 10.6. The Morgan fingerprint density at radius 2 is 2.00 bits per heavy atom. The van der Waals surface area contributed by atoms with Crippen molar-refractivity contribution in [2.45, 2.75) is 59.8 Å². The number of carbonyl (C=O) groups is 1. The summed E-state index contributed by atoms with van der Waals surface area (Å²) >= 11 is 0. The third kappa shape index (κ3) is 4.63. The van der Waals surface area contributed by atoms with Crippen molar-refractivity contribution in [1.82, 2.24) is 0 Å². The van der Waals surface area contributed by atoms with Gasteiger partial charge in [-0.1, -0.05) is 33.8 Å². The van der Waals surface area contributed by atoms with E-state index in [0.29, 0.717) is 17.1 Å². The Morgan fingerprint density at radius 3 is 2.47 bits per heavy atom. The fraction of sp³-hybridized carbons (Fsp3) is 0.786. The van der Waals surface area contributed by atoms with Crippen LogP contribution in [-0.4, -0.2) is 5.78 Å². The highest BCUT2D eigenvalue weighted by molar-refractivity contribution is 5.97. The van der Waals surface area contributed by atoms with Gasteiger partial charge in [-0.2, -0.15) is 0 Å². The standard InChI is InChI=1S/C14H24O/c1-11(10-14(2,3)4)8-9-12-6-5-7-13(12)15/h9,11H,5-8,10H2,1-4H3. The molecular formula is C14H24O. The summed E-state index contributed by atoms with van der Waals surface area (Å²) in [5.41, 5.74) is 1.49. The van der Waals surface area contributed by atoms with E-state index in [9.17, 15) is 4.79 Å². The second kappa shape index (κ2) is 4.96. The van der Waals surface area contributed by atoms with Gasteiger partial charge < -0.3 is 0 Å². The molecule has 0 spiro atoms. The molecule has 1 fully saturated rings. The number of carbonyl (C=O) groups excluding carboxylic acids is 1. The van der Waals surface area contributed by atoms with E-state index in [-0.39, 0.29) is 0 Å². The summed E-state index contributed by atoms with van der Waals surface area (Å²) in [5, 5.41) is 0. The number of ketones is 1. The molecule has 0 aliphatic heterocycles. The van der Waals surface area contributed by atoms with E-state index in [2.05, 4.69) is 33.8 Å². The van der Waals surface area contributed by atoms with Crippen molar-refractivity contribution < 1.29 is 4.79 Å². The van der Waals surface area contributed by atoms with Gasteiger partial charge in [-0.05, 0) is 42.6 Å². The largest absolute Gasteiger partial charge is 0.295 e. The van der Waals surface area contributed by atoms with E-state index in [1.807, 2.05) is 0 Å².